The van der Waals surface area contributed by atoms with Crippen LogP contribution in [-0.2, 0) is 4.84 Å². The molecule has 0 saturated carbocycles. The number of carbonyl (C=O) groups is 1. The van der Waals surface area contributed by atoms with E-state index in [1.807, 2.05) is 0 Å². The van der Waals surface area contributed by atoms with Crippen molar-refractivity contribution in [2.45, 2.75) is 0 Å². The van der Waals surface area contributed by atoms with E-state index in [0.29, 0.717) is 0 Å². The van der Waals surface area contributed by atoms with Crippen LogP contribution < -0.4 is 5.48 Å². The molecular formula is C3H6N2O2. The second-order valence-corrected chi connectivity index (χ2v) is 0.730. The SMILES string of the molecule is C=NC(=O)ONC. The number of hydrogen-bond acceptors (Lipinski definition) is 3. The summed E-state index contributed by atoms with van der Waals surface area (Å²) in [7, 11) is 1.46. The van der Waals surface area contributed by atoms with Crippen LogP contribution in [0, 0.1) is 0 Å². The number of hydrogen-bond donors (Lipinski definition) is 1. The van der Waals surface area contributed by atoms with E-state index in [-0.39, 0.29) is 0 Å². The van der Waals surface area contributed by atoms with Crippen LogP contribution in [0.2, 0.25) is 0 Å². The highest BCUT2D eigenvalue weighted by Crippen LogP contribution is 1.71. The summed E-state index contributed by atoms with van der Waals surface area (Å²) in [6.07, 6.45) is -0.720. The fourth-order valence-corrected chi connectivity index (χ4v) is 0.120. The Morgan fingerprint density at radius 2 is 2.57 bits per heavy atom. The molecule has 0 aromatic carbocycles. The molecule has 0 aliphatic rings. The summed E-state index contributed by atoms with van der Waals surface area (Å²) in [6.45, 7) is 2.91. The van der Waals surface area contributed by atoms with Crippen molar-refractivity contribution in [3.05, 3.63) is 0 Å². The van der Waals surface area contributed by atoms with Gasteiger partial charge in [-0.15, -0.1) is 0 Å². The Balaban J connectivity index is 3.17. The van der Waals surface area contributed by atoms with Gasteiger partial charge in [-0.1, -0.05) is 0 Å². The van der Waals surface area contributed by atoms with Crippen LogP contribution >= 0.6 is 0 Å². The third-order valence-electron chi connectivity index (χ3n) is 0.318. The molecule has 0 saturated heterocycles. The van der Waals surface area contributed by atoms with Crippen molar-refractivity contribution < 1.29 is 9.63 Å². The first kappa shape index (κ1) is 6.10. The maximum Gasteiger partial charge on any atom is 0.451 e. The molecule has 4 heteroatoms. The molecule has 0 aromatic rings. The van der Waals surface area contributed by atoms with Crippen molar-refractivity contribution in [3.8, 4) is 0 Å². The summed E-state index contributed by atoms with van der Waals surface area (Å²) < 4.78 is 0. The minimum atomic E-state index is -0.720. The third kappa shape index (κ3) is 2.92. The Morgan fingerprint density at radius 1 is 2.00 bits per heavy atom. The van der Waals surface area contributed by atoms with Gasteiger partial charge in [0.2, 0.25) is 0 Å². The van der Waals surface area contributed by atoms with E-state index < -0.39 is 6.09 Å². The lowest BCUT2D eigenvalue weighted by molar-refractivity contribution is 0.113. The Bertz CT molecular complexity index is 81.0. The van der Waals surface area contributed by atoms with E-state index >= 15 is 0 Å². The van der Waals surface area contributed by atoms with E-state index in [0.717, 1.165) is 0 Å². The normalized spacial score (nSPS) is 7.57. The van der Waals surface area contributed by atoms with Gasteiger partial charge in [0, 0.05) is 7.05 Å². The summed E-state index contributed by atoms with van der Waals surface area (Å²) in [4.78, 5) is 16.9. The van der Waals surface area contributed by atoms with Crippen molar-refractivity contribution in [1.29, 1.82) is 0 Å². The predicted octanol–water partition coefficient (Wildman–Crippen LogP) is -0.0420. The zero-order valence-electron chi connectivity index (χ0n) is 3.97. The highest BCUT2D eigenvalue weighted by Gasteiger charge is 1.88. The van der Waals surface area contributed by atoms with Gasteiger partial charge in [0.25, 0.3) is 0 Å². The van der Waals surface area contributed by atoms with Crippen LogP contribution in [0.1, 0.15) is 0 Å². The van der Waals surface area contributed by atoms with Gasteiger partial charge in [-0.25, -0.2) is 4.79 Å². The molecule has 1 N–H and O–H groups in total. The molecule has 4 nitrogen and oxygen atoms in total. The Kier molecular flexibility index (Phi) is 2.87. The van der Waals surface area contributed by atoms with Gasteiger partial charge in [0.1, 0.15) is 0 Å². The smallest absolute Gasteiger partial charge is 0.353 e. The second kappa shape index (κ2) is 3.30. The molecule has 0 bridgehead atoms. The highest BCUT2D eigenvalue weighted by atomic mass is 16.7. The van der Waals surface area contributed by atoms with Gasteiger partial charge in [-0.05, 0) is 6.72 Å². The molecule has 40 valence electrons. The Morgan fingerprint density at radius 3 is 2.71 bits per heavy atom. The minimum Gasteiger partial charge on any atom is -0.353 e. The standard InChI is InChI=1S/C3H6N2O2/c1-4-3(6)7-5-2/h5H,1H2,2H3. The zero-order chi connectivity index (χ0) is 5.70. The summed E-state index contributed by atoms with van der Waals surface area (Å²) in [5.74, 6) is 0. The fraction of sp³-hybridized carbons (Fsp3) is 0.333. The van der Waals surface area contributed by atoms with Crippen molar-refractivity contribution in [1.82, 2.24) is 5.48 Å². The number of hydroxylamine groups is 1. The monoisotopic (exact) mass is 102 g/mol. The first-order chi connectivity index (χ1) is 3.31. The van der Waals surface area contributed by atoms with Crippen LogP contribution in [0.4, 0.5) is 4.79 Å². The topological polar surface area (TPSA) is 50.7 Å². The molecule has 0 aliphatic heterocycles. The zero-order valence-corrected chi connectivity index (χ0v) is 3.97. The van der Waals surface area contributed by atoms with E-state index in [4.69, 9.17) is 0 Å². The van der Waals surface area contributed by atoms with E-state index in [9.17, 15) is 4.79 Å². The van der Waals surface area contributed by atoms with Crippen molar-refractivity contribution in [3.63, 3.8) is 0 Å². The Labute approximate surface area is 41.1 Å². The average Bonchev–Trinajstić information content (AvgIpc) is 1.68. The molecule has 0 aliphatic carbocycles. The number of nitrogens with one attached hydrogen (secondary N) is 1. The predicted molar refractivity (Wildman–Crippen MR) is 25.1 cm³/mol. The van der Waals surface area contributed by atoms with E-state index in [1.54, 1.807) is 0 Å². The molecule has 0 aromatic heterocycles. The van der Waals surface area contributed by atoms with Gasteiger partial charge in [0.15, 0.2) is 0 Å². The third-order valence-corrected chi connectivity index (χ3v) is 0.318. The number of carbonyl (C=O) groups excluding carboxylic acids is 1. The first-order valence-corrected chi connectivity index (χ1v) is 1.65. The van der Waals surface area contributed by atoms with Crippen LogP contribution in [-0.4, -0.2) is 19.9 Å². The van der Waals surface area contributed by atoms with Gasteiger partial charge < -0.3 is 4.84 Å². The molecule has 0 unspecified atom stereocenters. The van der Waals surface area contributed by atoms with Crippen LogP contribution in [0.3, 0.4) is 0 Å². The lowest BCUT2D eigenvalue weighted by atomic mass is 11.2. The molecule has 0 atom stereocenters. The fourth-order valence-electron chi connectivity index (χ4n) is 0.120. The van der Waals surface area contributed by atoms with Crippen molar-refractivity contribution in [2.75, 3.05) is 7.05 Å². The van der Waals surface area contributed by atoms with Crippen LogP contribution in [0.25, 0.3) is 0 Å². The van der Waals surface area contributed by atoms with Crippen molar-refractivity contribution >= 4 is 12.8 Å². The lowest BCUT2D eigenvalue weighted by Crippen LogP contribution is -2.10. The molecule has 1 amide bonds. The maximum absolute atomic E-state index is 9.90. The summed E-state index contributed by atoms with van der Waals surface area (Å²) in [6, 6.07) is 0. The summed E-state index contributed by atoms with van der Waals surface area (Å²) in [5.41, 5.74) is 2.14. The second-order valence-electron chi connectivity index (χ2n) is 0.730. The largest absolute Gasteiger partial charge is 0.451 e. The molecule has 0 heterocycles. The molecule has 7 heavy (non-hydrogen) atoms. The molecule has 0 spiro atoms. The van der Waals surface area contributed by atoms with Gasteiger partial charge in [-0.3, -0.25) is 0 Å². The molecule has 0 rings (SSSR count). The average molecular weight is 102 g/mol. The summed E-state index contributed by atoms with van der Waals surface area (Å²) in [5, 5.41) is 0. The first-order valence-electron chi connectivity index (χ1n) is 1.65. The summed E-state index contributed by atoms with van der Waals surface area (Å²) >= 11 is 0. The van der Waals surface area contributed by atoms with Crippen LogP contribution in [0.5, 0.6) is 0 Å². The maximum atomic E-state index is 9.90. The molecule has 0 fully saturated rings. The Hall–Kier alpha value is -0.900. The van der Waals surface area contributed by atoms with E-state index in [1.165, 1.54) is 7.05 Å². The van der Waals surface area contributed by atoms with E-state index in [2.05, 4.69) is 22.0 Å². The van der Waals surface area contributed by atoms with Gasteiger partial charge in [-0.2, -0.15) is 10.5 Å². The highest BCUT2D eigenvalue weighted by molar-refractivity contribution is 5.72. The molecule has 0 radical (unpaired) electrons. The van der Waals surface area contributed by atoms with Gasteiger partial charge in [0.05, 0.1) is 0 Å². The number of amides is 1. The van der Waals surface area contributed by atoms with Gasteiger partial charge >= 0.3 is 6.09 Å². The lowest BCUT2D eigenvalue weighted by Gasteiger charge is -1.90. The number of rotatable bonds is 1. The minimum absolute atomic E-state index is 0.720. The quantitative estimate of drug-likeness (QED) is 0.373. The number of nitrogens with zero attached hydrogens (tertiary/aromatic N) is 1. The van der Waals surface area contributed by atoms with Crippen molar-refractivity contribution in [2.24, 2.45) is 4.99 Å². The van der Waals surface area contributed by atoms with Crippen LogP contribution in [0.15, 0.2) is 4.99 Å². The number of aliphatic imine (C=N–C) groups is 1. The molecular weight excluding hydrogens is 96.0 g/mol.